The van der Waals surface area contributed by atoms with E-state index in [1.807, 2.05) is 74.5 Å². The van der Waals surface area contributed by atoms with Crippen molar-refractivity contribution in [3.63, 3.8) is 0 Å². The van der Waals surface area contributed by atoms with Crippen LogP contribution < -0.4 is 31.1 Å². The molecule has 0 saturated heterocycles. The predicted molar refractivity (Wildman–Crippen MR) is 230 cm³/mol. The van der Waals surface area contributed by atoms with Crippen molar-refractivity contribution in [1.82, 2.24) is 44.5 Å². The Hall–Kier alpha value is -6.92. The minimum absolute atomic E-state index is 0. The maximum atomic E-state index is 13.0. The summed E-state index contributed by atoms with van der Waals surface area (Å²) < 4.78 is 8.98. The number of hydrogen-bond donors (Lipinski definition) is 2. The van der Waals surface area contributed by atoms with Gasteiger partial charge in [0.25, 0.3) is 11.8 Å². The number of amides is 3. The first-order valence-electron chi connectivity index (χ1n) is 19.1. The second kappa shape index (κ2) is 17.5. The van der Waals surface area contributed by atoms with Crippen molar-refractivity contribution in [3.8, 4) is 34.7 Å². The van der Waals surface area contributed by atoms with Gasteiger partial charge in [-0.2, -0.15) is 9.97 Å². The summed E-state index contributed by atoms with van der Waals surface area (Å²) in [6, 6.07) is 18.4. The third-order valence-corrected chi connectivity index (χ3v) is 9.71. The van der Waals surface area contributed by atoms with Crippen LogP contribution in [-0.2, 0) is 14.3 Å². The molecule has 3 amide bonds. The number of halogens is 1. The van der Waals surface area contributed by atoms with Crippen LogP contribution >= 0.6 is 12.4 Å². The van der Waals surface area contributed by atoms with Crippen molar-refractivity contribution in [2.24, 2.45) is 5.84 Å². The highest BCUT2D eigenvalue weighted by atomic mass is 35.5. The molecule has 0 spiro atoms. The number of imidazole rings is 2. The number of rotatable bonds is 7. The van der Waals surface area contributed by atoms with Gasteiger partial charge < -0.3 is 14.5 Å². The molecule has 18 nitrogen and oxygen atoms in total. The van der Waals surface area contributed by atoms with Gasteiger partial charge in [-0.3, -0.25) is 28.7 Å². The van der Waals surface area contributed by atoms with Gasteiger partial charge in [-0.05, 0) is 33.6 Å². The summed E-state index contributed by atoms with van der Waals surface area (Å²) in [7, 11) is 3.39. The van der Waals surface area contributed by atoms with Gasteiger partial charge in [0.15, 0.2) is 11.6 Å². The number of carbonyl (C=O) groups excluding carboxylic acids is 3. The average Bonchev–Trinajstić information content (AvgIpc) is 3.94. The molecule has 0 radical (unpaired) electrons. The number of ether oxygens (including phenoxy) is 1. The normalized spacial score (nSPS) is 16.0. The van der Waals surface area contributed by atoms with E-state index in [1.165, 1.54) is 14.9 Å². The van der Waals surface area contributed by atoms with Crippen LogP contribution in [0, 0.1) is 0 Å². The maximum absolute atomic E-state index is 13.0. The average molecular weight is 835 g/mol. The molecule has 8 rings (SSSR count). The number of likely N-dealkylation sites (N-methyl/N-ethyl adjacent to an activating group) is 2. The molecule has 19 heteroatoms. The van der Waals surface area contributed by atoms with Crippen LogP contribution in [0.1, 0.15) is 47.5 Å². The van der Waals surface area contributed by atoms with Crippen LogP contribution in [0.15, 0.2) is 97.8 Å². The van der Waals surface area contributed by atoms with E-state index in [-0.39, 0.29) is 24.2 Å². The molecule has 0 saturated carbocycles. The van der Waals surface area contributed by atoms with Gasteiger partial charge >= 0.3 is 6.09 Å². The highest BCUT2D eigenvalue weighted by Crippen LogP contribution is 2.35. The van der Waals surface area contributed by atoms with E-state index < -0.39 is 23.8 Å². The zero-order chi connectivity index (χ0) is 42.0. The predicted octanol–water partition coefficient (Wildman–Crippen LogP) is 5.52. The first kappa shape index (κ1) is 42.7. The molecule has 2 aliphatic heterocycles. The van der Waals surface area contributed by atoms with Gasteiger partial charge in [0.05, 0.1) is 12.4 Å². The van der Waals surface area contributed by atoms with Crippen LogP contribution in [0.25, 0.3) is 34.7 Å². The van der Waals surface area contributed by atoms with Crippen LogP contribution in [0.2, 0.25) is 0 Å². The molecule has 2 unspecified atom stereocenters. The number of benzene rings is 2. The number of nitrogens with one attached hydrogen (secondary N) is 1. The fourth-order valence-electron chi connectivity index (χ4n) is 6.79. The third-order valence-electron chi connectivity index (χ3n) is 9.71. The van der Waals surface area contributed by atoms with Gasteiger partial charge in [-0.25, -0.2) is 36.0 Å². The van der Waals surface area contributed by atoms with E-state index >= 15 is 0 Å². The lowest BCUT2D eigenvalue weighted by atomic mass is 10.1. The van der Waals surface area contributed by atoms with Crippen molar-refractivity contribution >= 4 is 53.3 Å². The number of nitrogens with zero attached hydrogens (tertiary/aromatic N) is 12. The van der Waals surface area contributed by atoms with Crippen molar-refractivity contribution in [2.75, 3.05) is 33.9 Å². The van der Waals surface area contributed by atoms with E-state index in [9.17, 15) is 14.4 Å². The standard InChI is InChI=1S/C23H27N7O3.C18H19N7O.ClH/c1-6-16-20(31)28(5)17-14-25-21(26-19(17)30(16)27-22(32)33-23(2,3)4)29-13-12-24-18(29)15-10-8-7-9-11-15;1-3-13-17(26)23(2)14-11-21-18(22-16(14)25(13)19)24-10-9-20-15(24)12-7-5-4-6-8-12;/h7-14,16H,6H2,1-5H3,(H,27,32);4-11,13H,3,19H2,1-2H3;1H. The van der Waals surface area contributed by atoms with Gasteiger partial charge in [0.2, 0.25) is 11.9 Å². The number of fused-ring (bicyclic) bond motifs is 2. The Morgan fingerprint density at radius 2 is 1.17 bits per heavy atom. The van der Waals surface area contributed by atoms with E-state index in [4.69, 9.17) is 15.6 Å². The fraction of sp³-hybridized carbons (Fsp3) is 0.293. The molecule has 6 aromatic rings. The molecule has 0 aliphatic carbocycles. The molecule has 312 valence electrons. The molecule has 0 bridgehead atoms. The lowest BCUT2D eigenvalue weighted by Crippen LogP contribution is -2.59. The molecular weight excluding hydrogens is 788 g/mol. The Labute approximate surface area is 353 Å². The minimum atomic E-state index is -0.691. The van der Waals surface area contributed by atoms with Crippen LogP contribution in [-0.4, -0.2) is 88.7 Å². The van der Waals surface area contributed by atoms with E-state index in [1.54, 1.807) is 86.1 Å². The molecule has 6 heterocycles. The first-order chi connectivity index (χ1) is 28.3. The van der Waals surface area contributed by atoms with Gasteiger partial charge in [-0.1, -0.05) is 74.5 Å². The Kier molecular flexibility index (Phi) is 12.5. The summed E-state index contributed by atoms with van der Waals surface area (Å²) in [5.74, 6) is 9.10. The van der Waals surface area contributed by atoms with Crippen LogP contribution in [0.3, 0.4) is 0 Å². The largest absolute Gasteiger partial charge is 0.443 e. The Morgan fingerprint density at radius 3 is 1.63 bits per heavy atom. The minimum Gasteiger partial charge on any atom is -0.443 e. The highest BCUT2D eigenvalue weighted by Gasteiger charge is 2.39. The topological polar surface area (TPSA) is 199 Å². The molecule has 3 N–H and O–H groups in total. The molecule has 4 aromatic heterocycles. The number of hydrazine groups is 2. The summed E-state index contributed by atoms with van der Waals surface area (Å²) in [5, 5.41) is 2.90. The van der Waals surface area contributed by atoms with Gasteiger partial charge in [0, 0.05) is 50.0 Å². The molecule has 0 fully saturated rings. The molecule has 60 heavy (non-hydrogen) atoms. The van der Waals surface area contributed by atoms with Crippen LogP contribution in [0.5, 0.6) is 0 Å². The molecule has 2 aliphatic rings. The van der Waals surface area contributed by atoms with Gasteiger partial charge in [-0.15, -0.1) is 12.4 Å². The highest BCUT2D eigenvalue weighted by molar-refractivity contribution is 6.05. The molecule has 2 aromatic carbocycles. The number of aromatic nitrogens is 8. The number of carbonyl (C=O) groups is 3. The van der Waals surface area contributed by atoms with Crippen molar-refractivity contribution < 1.29 is 19.1 Å². The Balaban J connectivity index is 0.000000203. The third kappa shape index (κ3) is 8.32. The Morgan fingerprint density at radius 1 is 0.717 bits per heavy atom. The van der Waals surface area contributed by atoms with Crippen molar-refractivity contribution in [2.45, 2.75) is 65.1 Å². The number of anilines is 4. The summed E-state index contributed by atoms with van der Waals surface area (Å²) >= 11 is 0. The maximum Gasteiger partial charge on any atom is 0.426 e. The van der Waals surface area contributed by atoms with E-state index in [0.717, 1.165) is 17.0 Å². The number of nitrogens with two attached hydrogens (primary N) is 1. The summed E-state index contributed by atoms with van der Waals surface area (Å²) in [4.78, 5) is 68.2. The summed E-state index contributed by atoms with van der Waals surface area (Å²) in [6.07, 6.45) is 10.5. The van der Waals surface area contributed by atoms with E-state index in [0.29, 0.717) is 53.6 Å². The zero-order valence-corrected chi connectivity index (χ0v) is 35.1. The SMILES string of the molecule is CCC1C(=O)N(C)c2cnc(-n3ccnc3-c3ccccc3)nc2N1N.CCC1C(=O)N(C)c2cnc(-n3ccnc3-c3ccccc3)nc2N1NC(=O)OC(C)(C)C.Cl. The lowest BCUT2D eigenvalue weighted by Gasteiger charge is -2.39. The van der Waals surface area contributed by atoms with Gasteiger partial charge in [0.1, 0.15) is 40.7 Å². The lowest BCUT2D eigenvalue weighted by molar-refractivity contribution is -0.120. The second-order valence-electron chi connectivity index (χ2n) is 14.8. The quantitative estimate of drug-likeness (QED) is 0.191. The summed E-state index contributed by atoms with van der Waals surface area (Å²) in [5.41, 5.74) is 4.96. The summed E-state index contributed by atoms with van der Waals surface area (Å²) in [6.45, 7) is 9.12. The van der Waals surface area contributed by atoms with Crippen LogP contribution in [0.4, 0.5) is 27.8 Å². The Bertz CT molecular complexity index is 2470. The fourth-order valence-corrected chi connectivity index (χ4v) is 6.79. The monoisotopic (exact) mass is 834 g/mol. The van der Waals surface area contributed by atoms with E-state index in [2.05, 4.69) is 30.3 Å². The number of hydrogen-bond acceptors (Lipinski definition) is 13. The molecule has 2 atom stereocenters. The second-order valence-corrected chi connectivity index (χ2v) is 14.8. The van der Waals surface area contributed by atoms with Crippen molar-refractivity contribution in [3.05, 3.63) is 97.8 Å². The molecular formula is C41H47ClN14O4. The van der Waals surface area contributed by atoms with Crippen molar-refractivity contribution in [1.29, 1.82) is 0 Å². The smallest absolute Gasteiger partial charge is 0.426 e. The zero-order valence-electron chi connectivity index (χ0n) is 34.3. The first-order valence-corrected chi connectivity index (χ1v) is 19.1.